The number of nitrogens with zero attached hydrogens (tertiary/aromatic N) is 1. The van der Waals surface area contributed by atoms with Crippen LogP contribution in [0.25, 0.3) is 0 Å². The van der Waals surface area contributed by atoms with Gasteiger partial charge in [-0.15, -0.1) is 0 Å². The standard InChI is InChI=1S/C17H16ClFN2/c1-12-7-15(19)9-16(8-12)21-17(2,11-20)10-13-3-5-14(18)6-4-13/h3-9,21H,10H2,1-2H3. The van der Waals surface area contributed by atoms with Crippen molar-refractivity contribution in [2.45, 2.75) is 25.8 Å². The molecule has 1 N–H and O–H groups in total. The zero-order valence-corrected chi connectivity index (χ0v) is 12.7. The van der Waals surface area contributed by atoms with E-state index in [9.17, 15) is 9.65 Å². The van der Waals surface area contributed by atoms with Gasteiger partial charge >= 0.3 is 0 Å². The molecule has 0 heterocycles. The second kappa shape index (κ2) is 6.15. The van der Waals surface area contributed by atoms with Gasteiger partial charge in [-0.25, -0.2) is 4.39 Å². The Kier molecular flexibility index (Phi) is 4.50. The first kappa shape index (κ1) is 15.3. The minimum absolute atomic E-state index is 0.315. The summed E-state index contributed by atoms with van der Waals surface area (Å²) in [5, 5.41) is 13.2. The highest BCUT2D eigenvalue weighted by molar-refractivity contribution is 6.30. The molecule has 0 aromatic heterocycles. The van der Waals surface area contributed by atoms with Crippen molar-refractivity contribution in [2.75, 3.05) is 5.32 Å². The van der Waals surface area contributed by atoms with E-state index in [1.54, 1.807) is 19.1 Å². The molecule has 1 atom stereocenters. The van der Waals surface area contributed by atoms with Crippen molar-refractivity contribution < 1.29 is 4.39 Å². The summed E-state index contributed by atoms with van der Waals surface area (Å²) in [6.07, 6.45) is 0.496. The fourth-order valence-electron chi connectivity index (χ4n) is 2.25. The number of halogens is 2. The van der Waals surface area contributed by atoms with Gasteiger partial charge in [0.05, 0.1) is 6.07 Å². The molecule has 2 nitrogen and oxygen atoms in total. The minimum Gasteiger partial charge on any atom is -0.367 e. The van der Waals surface area contributed by atoms with Crippen molar-refractivity contribution in [3.8, 4) is 6.07 Å². The average Bonchev–Trinajstić information content (AvgIpc) is 2.40. The zero-order chi connectivity index (χ0) is 15.5. The maximum Gasteiger partial charge on any atom is 0.126 e. The van der Waals surface area contributed by atoms with Crippen LogP contribution < -0.4 is 5.32 Å². The highest BCUT2D eigenvalue weighted by atomic mass is 35.5. The van der Waals surface area contributed by atoms with E-state index in [1.165, 1.54) is 12.1 Å². The van der Waals surface area contributed by atoms with Crippen LogP contribution >= 0.6 is 11.6 Å². The van der Waals surface area contributed by atoms with Gasteiger partial charge in [0, 0.05) is 17.1 Å². The fourth-order valence-corrected chi connectivity index (χ4v) is 2.38. The van der Waals surface area contributed by atoms with Gasteiger partial charge in [0.15, 0.2) is 0 Å². The third kappa shape index (κ3) is 4.21. The van der Waals surface area contributed by atoms with Gasteiger partial charge in [-0.1, -0.05) is 23.7 Å². The molecular formula is C17H16ClFN2. The van der Waals surface area contributed by atoms with Crippen molar-refractivity contribution in [1.29, 1.82) is 5.26 Å². The molecule has 0 bridgehead atoms. The molecule has 0 aliphatic rings. The van der Waals surface area contributed by atoms with E-state index < -0.39 is 5.54 Å². The normalized spacial score (nSPS) is 13.3. The van der Waals surface area contributed by atoms with Gasteiger partial charge in [-0.2, -0.15) is 5.26 Å². The van der Waals surface area contributed by atoms with Gasteiger partial charge in [0.1, 0.15) is 11.4 Å². The van der Waals surface area contributed by atoms with Crippen molar-refractivity contribution in [1.82, 2.24) is 0 Å². The second-order valence-corrected chi connectivity index (χ2v) is 5.83. The lowest BCUT2D eigenvalue weighted by molar-refractivity contribution is 0.621. The molecule has 0 saturated heterocycles. The van der Waals surface area contributed by atoms with E-state index in [1.807, 2.05) is 25.1 Å². The fraction of sp³-hybridized carbons (Fsp3) is 0.235. The van der Waals surface area contributed by atoms with Crippen molar-refractivity contribution in [3.63, 3.8) is 0 Å². The highest BCUT2D eigenvalue weighted by Crippen LogP contribution is 2.22. The second-order valence-electron chi connectivity index (χ2n) is 5.39. The third-order valence-electron chi connectivity index (χ3n) is 3.18. The molecule has 108 valence electrons. The third-order valence-corrected chi connectivity index (χ3v) is 3.43. The Morgan fingerprint density at radius 1 is 1.24 bits per heavy atom. The van der Waals surface area contributed by atoms with Crippen LogP contribution in [-0.2, 0) is 6.42 Å². The van der Waals surface area contributed by atoms with Crippen LogP contribution in [0.15, 0.2) is 42.5 Å². The summed E-state index contributed by atoms with van der Waals surface area (Å²) in [4.78, 5) is 0. The van der Waals surface area contributed by atoms with E-state index in [0.717, 1.165) is 11.1 Å². The lowest BCUT2D eigenvalue weighted by atomic mass is 9.94. The number of anilines is 1. The van der Waals surface area contributed by atoms with Crippen LogP contribution in [-0.4, -0.2) is 5.54 Å². The van der Waals surface area contributed by atoms with Crippen molar-refractivity contribution >= 4 is 17.3 Å². The van der Waals surface area contributed by atoms with Gasteiger partial charge in [-0.3, -0.25) is 0 Å². The van der Waals surface area contributed by atoms with Crippen LogP contribution in [0, 0.1) is 24.1 Å². The largest absolute Gasteiger partial charge is 0.367 e. The van der Waals surface area contributed by atoms with Gasteiger partial charge < -0.3 is 5.32 Å². The summed E-state index contributed by atoms with van der Waals surface area (Å²) in [6, 6.07) is 14.3. The Morgan fingerprint density at radius 3 is 2.48 bits per heavy atom. The number of hydrogen-bond acceptors (Lipinski definition) is 2. The molecule has 1 unspecified atom stereocenters. The molecule has 2 aromatic rings. The number of rotatable bonds is 4. The quantitative estimate of drug-likeness (QED) is 0.886. The molecular weight excluding hydrogens is 287 g/mol. The van der Waals surface area contributed by atoms with Gasteiger partial charge in [-0.05, 0) is 55.3 Å². The molecule has 21 heavy (non-hydrogen) atoms. The molecule has 0 amide bonds. The molecule has 0 saturated carbocycles. The predicted octanol–water partition coefficient (Wildman–Crippen LogP) is 4.72. The molecule has 0 aliphatic heterocycles. The summed E-state index contributed by atoms with van der Waals surface area (Å²) in [7, 11) is 0. The monoisotopic (exact) mass is 302 g/mol. The van der Waals surface area contributed by atoms with Crippen molar-refractivity contribution in [2.24, 2.45) is 0 Å². The smallest absolute Gasteiger partial charge is 0.126 e. The topological polar surface area (TPSA) is 35.8 Å². The van der Waals surface area contributed by atoms with Crippen LogP contribution in [0.2, 0.25) is 5.02 Å². The molecule has 4 heteroatoms. The Bertz CT molecular complexity index is 656. The zero-order valence-electron chi connectivity index (χ0n) is 12.0. The Hall–Kier alpha value is -2.05. The number of hydrogen-bond donors (Lipinski definition) is 1. The van der Waals surface area contributed by atoms with E-state index >= 15 is 0 Å². The lowest BCUT2D eigenvalue weighted by Gasteiger charge is -2.25. The van der Waals surface area contributed by atoms with E-state index in [-0.39, 0.29) is 5.82 Å². The Morgan fingerprint density at radius 2 is 1.90 bits per heavy atom. The Labute approximate surface area is 129 Å². The SMILES string of the molecule is Cc1cc(F)cc(NC(C)(C#N)Cc2ccc(Cl)cc2)c1. The predicted molar refractivity (Wildman–Crippen MR) is 83.9 cm³/mol. The van der Waals surface area contributed by atoms with Crippen LogP contribution in [0.3, 0.4) is 0 Å². The molecule has 0 fully saturated rings. The number of benzene rings is 2. The summed E-state index contributed by atoms with van der Waals surface area (Å²) in [5.74, 6) is -0.315. The van der Waals surface area contributed by atoms with Crippen LogP contribution in [0.1, 0.15) is 18.1 Å². The Balaban J connectivity index is 2.21. The van der Waals surface area contributed by atoms with Crippen LogP contribution in [0.5, 0.6) is 0 Å². The number of aryl methyl sites for hydroxylation is 1. The molecule has 2 rings (SSSR count). The van der Waals surface area contributed by atoms with Gasteiger partial charge in [0.2, 0.25) is 0 Å². The summed E-state index contributed by atoms with van der Waals surface area (Å²) in [5.41, 5.74) is 1.58. The maximum absolute atomic E-state index is 13.4. The first-order valence-corrected chi connectivity index (χ1v) is 6.99. The summed E-state index contributed by atoms with van der Waals surface area (Å²) >= 11 is 5.86. The number of nitriles is 1. The van der Waals surface area contributed by atoms with Gasteiger partial charge in [0.25, 0.3) is 0 Å². The highest BCUT2D eigenvalue weighted by Gasteiger charge is 2.24. The molecule has 0 spiro atoms. The van der Waals surface area contributed by atoms with E-state index in [4.69, 9.17) is 11.6 Å². The van der Waals surface area contributed by atoms with Crippen LogP contribution in [0.4, 0.5) is 10.1 Å². The van der Waals surface area contributed by atoms with E-state index in [0.29, 0.717) is 17.1 Å². The summed E-state index contributed by atoms with van der Waals surface area (Å²) in [6.45, 7) is 3.61. The number of nitrogens with one attached hydrogen (secondary N) is 1. The lowest BCUT2D eigenvalue weighted by Crippen LogP contribution is -2.35. The molecule has 2 aromatic carbocycles. The van der Waals surface area contributed by atoms with E-state index in [2.05, 4.69) is 11.4 Å². The first-order valence-electron chi connectivity index (χ1n) is 6.61. The maximum atomic E-state index is 13.4. The average molecular weight is 303 g/mol. The minimum atomic E-state index is -0.825. The summed E-state index contributed by atoms with van der Waals surface area (Å²) < 4.78 is 13.4. The molecule has 0 aliphatic carbocycles. The van der Waals surface area contributed by atoms with Crippen molar-refractivity contribution in [3.05, 3.63) is 64.4 Å². The molecule has 0 radical (unpaired) electrons. The first-order chi connectivity index (χ1) is 9.90.